The molecular formula is C15H14Cl2N8O2. The minimum absolute atomic E-state index is 0.0376. The van der Waals surface area contributed by atoms with Crippen molar-refractivity contribution in [3.63, 3.8) is 0 Å². The van der Waals surface area contributed by atoms with Crippen molar-refractivity contribution in [2.75, 3.05) is 5.73 Å². The summed E-state index contributed by atoms with van der Waals surface area (Å²) in [4.78, 5) is 12.5. The predicted molar refractivity (Wildman–Crippen MR) is 99.1 cm³/mol. The molecule has 12 heteroatoms. The highest BCUT2D eigenvalue weighted by Crippen LogP contribution is 2.22. The van der Waals surface area contributed by atoms with Gasteiger partial charge in [-0.1, -0.05) is 47.8 Å². The second-order valence-corrected chi connectivity index (χ2v) is 6.17. The van der Waals surface area contributed by atoms with E-state index in [1.807, 2.05) is 6.92 Å². The molecule has 0 saturated heterocycles. The van der Waals surface area contributed by atoms with Crippen molar-refractivity contribution in [1.82, 2.24) is 30.7 Å². The summed E-state index contributed by atoms with van der Waals surface area (Å²) < 4.78 is 5.89. The number of hydrogen-bond donors (Lipinski definition) is 2. The Hall–Kier alpha value is -2.98. The van der Waals surface area contributed by atoms with Gasteiger partial charge in [-0.05, 0) is 28.9 Å². The van der Waals surface area contributed by atoms with Gasteiger partial charge in [0.25, 0.3) is 5.91 Å². The van der Waals surface area contributed by atoms with Gasteiger partial charge in [0.15, 0.2) is 5.69 Å². The van der Waals surface area contributed by atoms with E-state index in [-0.39, 0.29) is 17.3 Å². The monoisotopic (exact) mass is 408 g/mol. The average Bonchev–Trinajstić information content (AvgIpc) is 3.23. The molecule has 3 N–H and O–H groups in total. The summed E-state index contributed by atoms with van der Waals surface area (Å²) in [6, 6.07) is 5.04. The van der Waals surface area contributed by atoms with E-state index in [0.29, 0.717) is 27.7 Å². The van der Waals surface area contributed by atoms with Crippen LogP contribution in [0.2, 0.25) is 10.0 Å². The molecule has 140 valence electrons. The van der Waals surface area contributed by atoms with Gasteiger partial charge >= 0.3 is 0 Å². The molecule has 0 radical (unpaired) electrons. The Labute approximate surface area is 163 Å². The van der Waals surface area contributed by atoms with Crippen molar-refractivity contribution in [3.05, 3.63) is 45.2 Å². The quantitative estimate of drug-likeness (QED) is 0.471. The van der Waals surface area contributed by atoms with Gasteiger partial charge < -0.3 is 5.73 Å². The van der Waals surface area contributed by atoms with Crippen LogP contribution in [-0.2, 0) is 6.42 Å². The van der Waals surface area contributed by atoms with Crippen LogP contribution in [0.3, 0.4) is 0 Å². The Morgan fingerprint density at radius 1 is 1.37 bits per heavy atom. The lowest BCUT2D eigenvalue weighted by Crippen LogP contribution is -2.20. The van der Waals surface area contributed by atoms with E-state index < -0.39 is 5.91 Å². The molecule has 1 aromatic carbocycles. The molecule has 0 fully saturated rings. The maximum absolute atomic E-state index is 12.5. The van der Waals surface area contributed by atoms with Crippen LogP contribution in [-0.4, -0.2) is 37.4 Å². The van der Waals surface area contributed by atoms with E-state index in [4.69, 9.17) is 28.9 Å². The van der Waals surface area contributed by atoms with Crippen molar-refractivity contribution >= 4 is 41.1 Å². The first-order valence-electron chi connectivity index (χ1n) is 7.83. The molecule has 0 aliphatic heterocycles. The van der Waals surface area contributed by atoms with Gasteiger partial charge in [0.2, 0.25) is 11.6 Å². The summed E-state index contributed by atoms with van der Waals surface area (Å²) in [6.07, 6.45) is 2.59. The second kappa shape index (κ2) is 8.14. The van der Waals surface area contributed by atoms with Crippen LogP contribution in [0.15, 0.2) is 27.9 Å². The molecule has 0 aliphatic rings. The molecule has 0 bridgehead atoms. The van der Waals surface area contributed by atoms with E-state index in [1.54, 1.807) is 18.2 Å². The van der Waals surface area contributed by atoms with Crippen LogP contribution in [0.5, 0.6) is 0 Å². The number of benzene rings is 1. The summed E-state index contributed by atoms with van der Waals surface area (Å²) in [5, 5.41) is 19.7. The highest BCUT2D eigenvalue weighted by Gasteiger charge is 2.23. The van der Waals surface area contributed by atoms with Crippen LogP contribution in [0.1, 0.15) is 35.1 Å². The zero-order valence-electron chi connectivity index (χ0n) is 14.1. The van der Waals surface area contributed by atoms with Crippen molar-refractivity contribution in [1.29, 1.82) is 0 Å². The Morgan fingerprint density at radius 2 is 2.11 bits per heavy atom. The molecule has 3 aromatic rings. The van der Waals surface area contributed by atoms with E-state index >= 15 is 0 Å². The summed E-state index contributed by atoms with van der Waals surface area (Å²) in [6.45, 7) is 1.95. The topological polar surface area (TPSA) is 137 Å². The number of nitrogens with one attached hydrogen (secondary N) is 1. The van der Waals surface area contributed by atoms with E-state index in [2.05, 4.69) is 35.8 Å². The molecule has 27 heavy (non-hydrogen) atoms. The molecule has 0 unspecified atom stereocenters. The molecule has 1 amide bonds. The van der Waals surface area contributed by atoms with Crippen LogP contribution in [0.25, 0.3) is 5.82 Å². The van der Waals surface area contributed by atoms with Crippen LogP contribution >= 0.6 is 23.2 Å². The van der Waals surface area contributed by atoms with Crippen molar-refractivity contribution < 1.29 is 9.42 Å². The van der Waals surface area contributed by atoms with Gasteiger partial charge in [0.05, 0.1) is 22.0 Å². The number of anilines is 1. The number of nitrogens with two attached hydrogens (primary N) is 1. The van der Waals surface area contributed by atoms with Crippen LogP contribution in [0.4, 0.5) is 5.82 Å². The lowest BCUT2D eigenvalue weighted by molar-refractivity contribution is 0.0949. The smallest absolute Gasteiger partial charge is 0.293 e. The lowest BCUT2D eigenvalue weighted by Gasteiger charge is -2.04. The van der Waals surface area contributed by atoms with E-state index in [1.165, 1.54) is 10.9 Å². The number of nitrogen functional groups attached to an aromatic ring is 1. The molecule has 2 heterocycles. The minimum atomic E-state index is -0.556. The van der Waals surface area contributed by atoms with E-state index in [9.17, 15) is 4.79 Å². The zero-order valence-corrected chi connectivity index (χ0v) is 15.6. The number of rotatable bonds is 6. The highest BCUT2D eigenvalue weighted by molar-refractivity contribution is 6.38. The van der Waals surface area contributed by atoms with Gasteiger partial charge in [-0.2, -0.15) is 9.78 Å². The Kier molecular flexibility index (Phi) is 5.67. The first-order chi connectivity index (χ1) is 13.0. The standard InChI is InChI=1S/C15H14Cl2N8O2/c1-2-4-11-12(20-24-25(11)14-13(18)22-27-23-14)15(26)21-19-7-8-9(16)5-3-6-10(8)17/h3,5-7H,2,4H2,1H3,(H2,18,22)(H,21,26). The highest BCUT2D eigenvalue weighted by atomic mass is 35.5. The zero-order chi connectivity index (χ0) is 19.4. The van der Waals surface area contributed by atoms with Crippen molar-refractivity contribution in [2.45, 2.75) is 19.8 Å². The Morgan fingerprint density at radius 3 is 2.74 bits per heavy atom. The number of hydrogen-bond acceptors (Lipinski definition) is 8. The molecule has 0 atom stereocenters. The van der Waals surface area contributed by atoms with Crippen molar-refractivity contribution in [2.24, 2.45) is 5.10 Å². The predicted octanol–water partition coefficient (Wildman–Crippen LogP) is 2.26. The van der Waals surface area contributed by atoms with Gasteiger partial charge in [-0.25, -0.2) is 10.1 Å². The maximum Gasteiger partial charge on any atom is 0.293 e. The number of aromatic nitrogens is 5. The molecular weight excluding hydrogens is 395 g/mol. The number of carbonyl (C=O) groups is 1. The molecule has 3 rings (SSSR count). The fourth-order valence-corrected chi connectivity index (χ4v) is 2.78. The fraction of sp³-hybridized carbons (Fsp3) is 0.200. The third-order valence-corrected chi connectivity index (χ3v) is 4.18. The Bertz CT molecular complexity index is 977. The molecule has 0 saturated carbocycles. The summed E-state index contributed by atoms with van der Waals surface area (Å²) in [7, 11) is 0. The second-order valence-electron chi connectivity index (χ2n) is 5.35. The SMILES string of the molecule is CCCc1c(C(=O)NN=Cc2c(Cl)cccc2Cl)nnn1-c1nonc1N. The number of hydrazone groups is 1. The third-order valence-electron chi connectivity index (χ3n) is 3.52. The number of carbonyl (C=O) groups excluding carboxylic acids is 1. The summed E-state index contributed by atoms with van der Waals surface area (Å²) in [5.74, 6) is -0.355. The molecule has 0 spiro atoms. The number of amides is 1. The van der Waals surface area contributed by atoms with Gasteiger partial charge in [-0.3, -0.25) is 4.79 Å². The fourth-order valence-electron chi connectivity index (χ4n) is 2.29. The molecule has 0 aliphatic carbocycles. The number of nitrogens with zero attached hydrogens (tertiary/aromatic N) is 6. The van der Waals surface area contributed by atoms with Crippen LogP contribution < -0.4 is 11.2 Å². The lowest BCUT2D eigenvalue weighted by atomic mass is 10.2. The normalized spacial score (nSPS) is 11.2. The summed E-state index contributed by atoms with van der Waals surface area (Å²) in [5.41, 5.74) is 9.15. The molecule has 10 nitrogen and oxygen atoms in total. The third kappa shape index (κ3) is 3.91. The van der Waals surface area contributed by atoms with Crippen molar-refractivity contribution in [3.8, 4) is 5.82 Å². The maximum atomic E-state index is 12.5. The molecule has 2 aromatic heterocycles. The number of halogens is 2. The van der Waals surface area contributed by atoms with Gasteiger partial charge in [-0.15, -0.1) is 5.10 Å². The first-order valence-corrected chi connectivity index (χ1v) is 8.59. The largest absolute Gasteiger partial charge is 0.378 e. The van der Waals surface area contributed by atoms with Gasteiger partial charge in [0, 0.05) is 5.56 Å². The minimum Gasteiger partial charge on any atom is -0.378 e. The van der Waals surface area contributed by atoms with Gasteiger partial charge in [0.1, 0.15) is 0 Å². The first kappa shape index (κ1) is 18.8. The summed E-state index contributed by atoms with van der Waals surface area (Å²) >= 11 is 12.1. The van der Waals surface area contributed by atoms with Crippen LogP contribution in [0, 0.1) is 0 Å². The average molecular weight is 409 g/mol. The Balaban J connectivity index is 1.84. The van der Waals surface area contributed by atoms with E-state index in [0.717, 1.165) is 6.42 Å².